The minimum absolute atomic E-state index is 0.0495. The fourth-order valence-electron chi connectivity index (χ4n) is 2.05. The smallest absolute Gasteiger partial charge is 0.308 e. The topological polar surface area (TPSA) is 46.6 Å². The number of methoxy groups -OCH3 is 1. The zero-order valence-corrected chi connectivity index (χ0v) is 10.5. The summed E-state index contributed by atoms with van der Waals surface area (Å²) >= 11 is 1.52. The summed E-state index contributed by atoms with van der Waals surface area (Å²) in [5.41, 5.74) is 0.742. The van der Waals surface area contributed by atoms with Gasteiger partial charge >= 0.3 is 5.97 Å². The number of carbonyl (C=O) groups excluding carboxylic acids is 2. The Morgan fingerprint density at radius 3 is 2.65 bits per heavy atom. The molecule has 1 saturated heterocycles. The summed E-state index contributed by atoms with van der Waals surface area (Å²) in [5, 5.41) is 3.75. The summed E-state index contributed by atoms with van der Waals surface area (Å²) in [4.78, 5) is 25.2. The summed E-state index contributed by atoms with van der Waals surface area (Å²) in [7, 11) is 1.41. The Kier molecular flexibility index (Phi) is 3.78. The highest BCUT2D eigenvalue weighted by atomic mass is 32.1. The minimum Gasteiger partial charge on any atom is -0.469 e. The largest absolute Gasteiger partial charge is 0.469 e. The third-order valence-corrected chi connectivity index (χ3v) is 3.77. The summed E-state index contributed by atoms with van der Waals surface area (Å²) in [5.74, 6) is -0.145. The number of nitrogens with zero attached hydrogens (tertiary/aromatic N) is 1. The van der Waals surface area contributed by atoms with Crippen LogP contribution in [0.5, 0.6) is 0 Å². The van der Waals surface area contributed by atoms with Gasteiger partial charge < -0.3 is 9.64 Å². The highest BCUT2D eigenvalue weighted by molar-refractivity contribution is 7.08. The Morgan fingerprint density at radius 1 is 1.41 bits per heavy atom. The second-order valence-corrected chi connectivity index (χ2v) is 4.88. The fraction of sp³-hybridized carbons (Fsp3) is 0.500. The molecule has 0 radical (unpaired) electrons. The van der Waals surface area contributed by atoms with Crippen molar-refractivity contribution in [3.05, 3.63) is 22.4 Å². The number of likely N-dealkylation sites (tertiary alicyclic amines) is 1. The Balaban J connectivity index is 1.91. The monoisotopic (exact) mass is 253 g/mol. The van der Waals surface area contributed by atoms with Crippen LogP contribution in [0.15, 0.2) is 16.8 Å². The van der Waals surface area contributed by atoms with Gasteiger partial charge in [-0.15, -0.1) is 0 Å². The summed E-state index contributed by atoms with van der Waals surface area (Å²) in [6, 6.07) is 1.83. The molecule has 0 atom stereocenters. The Labute approximate surface area is 104 Å². The predicted molar refractivity (Wildman–Crippen MR) is 65.0 cm³/mol. The maximum Gasteiger partial charge on any atom is 0.308 e. The zero-order chi connectivity index (χ0) is 12.3. The molecule has 0 N–H and O–H groups in total. The number of ether oxygens (including phenoxy) is 1. The number of piperidine rings is 1. The van der Waals surface area contributed by atoms with E-state index in [2.05, 4.69) is 0 Å². The van der Waals surface area contributed by atoms with E-state index in [1.165, 1.54) is 18.4 Å². The van der Waals surface area contributed by atoms with Crippen LogP contribution < -0.4 is 0 Å². The molecule has 4 nitrogen and oxygen atoms in total. The molecule has 5 heteroatoms. The van der Waals surface area contributed by atoms with Gasteiger partial charge in [-0.05, 0) is 24.3 Å². The van der Waals surface area contributed by atoms with Crippen LogP contribution in [0.3, 0.4) is 0 Å². The van der Waals surface area contributed by atoms with Crippen molar-refractivity contribution in [1.29, 1.82) is 0 Å². The lowest BCUT2D eigenvalue weighted by Gasteiger charge is -2.30. The lowest BCUT2D eigenvalue weighted by molar-refractivity contribution is -0.146. The molecule has 1 fully saturated rings. The molecule has 0 unspecified atom stereocenters. The van der Waals surface area contributed by atoms with Gasteiger partial charge in [-0.25, -0.2) is 0 Å². The van der Waals surface area contributed by atoms with Crippen molar-refractivity contribution in [1.82, 2.24) is 4.90 Å². The molecule has 0 aliphatic carbocycles. The second-order valence-electron chi connectivity index (χ2n) is 4.10. The number of esters is 1. The lowest BCUT2D eigenvalue weighted by atomic mass is 9.97. The van der Waals surface area contributed by atoms with Gasteiger partial charge in [0, 0.05) is 18.5 Å². The molecular weight excluding hydrogens is 238 g/mol. The average molecular weight is 253 g/mol. The van der Waals surface area contributed by atoms with E-state index in [0.717, 1.165) is 5.56 Å². The van der Waals surface area contributed by atoms with E-state index in [4.69, 9.17) is 4.74 Å². The van der Waals surface area contributed by atoms with Crippen LogP contribution in [0.2, 0.25) is 0 Å². The molecule has 0 bridgehead atoms. The third-order valence-electron chi connectivity index (χ3n) is 3.08. The van der Waals surface area contributed by atoms with Crippen molar-refractivity contribution in [3.8, 4) is 0 Å². The van der Waals surface area contributed by atoms with Gasteiger partial charge in [-0.3, -0.25) is 9.59 Å². The molecule has 0 saturated carbocycles. The Bertz CT molecular complexity index is 394. The van der Waals surface area contributed by atoms with Crippen molar-refractivity contribution in [3.63, 3.8) is 0 Å². The molecule has 2 heterocycles. The normalized spacial score (nSPS) is 16.9. The van der Waals surface area contributed by atoms with E-state index in [9.17, 15) is 9.59 Å². The molecule has 17 heavy (non-hydrogen) atoms. The summed E-state index contributed by atoms with van der Waals surface area (Å²) in [6.07, 6.45) is 1.39. The van der Waals surface area contributed by atoms with Crippen LogP contribution in [0, 0.1) is 5.92 Å². The number of hydrogen-bond donors (Lipinski definition) is 0. The molecular formula is C12H15NO3S. The number of thiophene rings is 1. The van der Waals surface area contributed by atoms with Crippen molar-refractivity contribution >= 4 is 23.2 Å². The first-order valence-electron chi connectivity index (χ1n) is 5.61. The van der Waals surface area contributed by atoms with Crippen molar-refractivity contribution in [2.75, 3.05) is 20.2 Å². The van der Waals surface area contributed by atoms with Crippen molar-refractivity contribution in [2.24, 2.45) is 5.92 Å². The van der Waals surface area contributed by atoms with Gasteiger partial charge in [0.1, 0.15) is 0 Å². The summed E-state index contributed by atoms with van der Waals surface area (Å²) in [6.45, 7) is 1.27. The minimum atomic E-state index is -0.160. The van der Waals surface area contributed by atoms with Gasteiger partial charge in [0.05, 0.1) is 18.6 Å². The first-order chi connectivity index (χ1) is 8.22. The van der Waals surface area contributed by atoms with Crippen LogP contribution in [0.25, 0.3) is 0 Å². The predicted octanol–water partition coefficient (Wildman–Crippen LogP) is 1.77. The molecule has 92 valence electrons. The lowest BCUT2D eigenvalue weighted by Crippen LogP contribution is -2.40. The van der Waals surface area contributed by atoms with E-state index >= 15 is 0 Å². The van der Waals surface area contributed by atoms with E-state index < -0.39 is 0 Å². The standard InChI is InChI=1S/C12H15NO3S/c1-16-12(15)9-2-5-13(6-3-9)11(14)10-4-7-17-8-10/h4,7-9H,2-3,5-6H2,1H3. The quantitative estimate of drug-likeness (QED) is 0.755. The van der Waals surface area contributed by atoms with Gasteiger partial charge in [-0.2, -0.15) is 11.3 Å². The zero-order valence-electron chi connectivity index (χ0n) is 9.72. The van der Waals surface area contributed by atoms with Gasteiger partial charge in [-0.1, -0.05) is 0 Å². The number of amides is 1. The number of rotatable bonds is 2. The average Bonchev–Trinajstić information content (AvgIpc) is 2.91. The van der Waals surface area contributed by atoms with E-state index in [1.807, 2.05) is 21.7 Å². The SMILES string of the molecule is COC(=O)C1CCN(C(=O)c2ccsc2)CC1. The van der Waals surface area contributed by atoms with E-state index in [1.54, 1.807) is 0 Å². The second kappa shape index (κ2) is 5.31. The molecule has 1 aliphatic rings. The molecule has 2 rings (SSSR count). The Hall–Kier alpha value is -1.36. The molecule has 0 aromatic carbocycles. The van der Waals surface area contributed by atoms with E-state index in [-0.39, 0.29) is 17.8 Å². The van der Waals surface area contributed by atoms with Crippen LogP contribution >= 0.6 is 11.3 Å². The molecule has 0 spiro atoms. The van der Waals surface area contributed by atoms with Gasteiger partial charge in [0.2, 0.25) is 0 Å². The third kappa shape index (κ3) is 2.66. The highest BCUT2D eigenvalue weighted by Crippen LogP contribution is 2.20. The Morgan fingerprint density at radius 2 is 2.12 bits per heavy atom. The van der Waals surface area contributed by atoms with Gasteiger partial charge in [0.25, 0.3) is 5.91 Å². The maximum absolute atomic E-state index is 12.0. The number of hydrogen-bond acceptors (Lipinski definition) is 4. The van der Waals surface area contributed by atoms with Crippen molar-refractivity contribution in [2.45, 2.75) is 12.8 Å². The highest BCUT2D eigenvalue weighted by Gasteiger charge is 2.28. The van der Waals surface area contributed by atoms with Crippen LogP contribution in [-0.2, 0) is 9.53 Å². The first kappa shape index (κ1) is 12.1. The van der Waals surface area contributed by atoms with Crippen LogP contribution in [-0.4, -0.2) is 37.0 Å². The molecule has 1 aromatic rings. The first-order valence-corrected chi connectivity index (χ1v) is 6.56. The maximum atomic E-state index is 12.0. The van der Waals surface area contributed by atoms with Gasteiger partial charge in [0.15, 0.2) is 0 Å². The van der Waals surface area contributed by atoms with Crippen LogP contribution in [0.4, 0.5) is 0 Å². The van der Waals surface area contributed by atoms with E-state index in [0.29, 0.717) is 25.9 Å². The number of carbonyl (C=O) groups is 2. The fourth-order valence-corrected chi connectivity index (χ4v) is 2.68. The van der Waals surface area contributed by atoms with Crippen LogP contribution in [0.1, 0.15) is 23.2 Å². The molecule has 1 aliphatic heterocycles. The molecule has 1 amide bonds. The van der Waals surface area contributed by atoms with Crippen molar-refractivity contribution < 1.29 is 14.3 Å². The summed E-state index contributed by atoms with van der Waals surface area (Å²) < 4.78 is 4.72. The molecule has 1 aromatic heterocycles.